The third-order valence-corrected chi connectivity index (χ3v) is 3.90. The monoisotopic (exact) mass is 206 g/mol. The van der Waals surface area contributed by atoms with E-state index >= 15 is 0 Å². The van der Waals surface area contributed by atoms with E-state index in [-0.39, 0.29) is 0 Å². The van der Waals surface area contributed by atoms with E-state index in [1.54, 1.807) is 6.92 Å². The third-order valence-electron chi connectivity index (χ3n) is 2.64. The number of hydrogen-bond acceptors (Lipinski definition) is 2. The van der Waals surface area contributed by atoms with Crippen molar-refractivity contribution in [2.45, 2.75) is 30.6 Å². The highest BCUT2D eigenvalue weighted by Crippen LogP contribution is 2.41. The molecule has 1 atom stereocenters. The highest BCUT2D eigenvalue weighted by molar-refractivity contribution is 7.99. The summed E-state index contributed by atoms with van der Waals surface area (Å²) >= 11 is 1.92. The molecule has 1 aromatic rings. The Morgan fingerprint density at radius 2 is 2.29 bits per heavy atom. The van der Waals surface area contributed by atoms with Crippen LogP contribution in [0, 0.1) is 0 Å². The van der Waals surface area contributed by atoms with Crippen LogP contribution in [0.2, 0.25) is 0 Å². The topological polar surface area (TPSA) is 17.1 Å². The molecule has 0 saturated heterocycles. The van der Waals surface area contributed by atoms with Crippen molar-refractivity contribution < 1.29 is 4.79 Å². The second-order valence-electron chi connectivity index (χ2n) is 3.79. The quantitative estimate of drug-likeness (QED) is 0.755. The SMILES string of the molecule is CC(=O)CCC1CSc2ccccc21. The molecule has 2 rings (SSSR count). The van der Waals surface area contributed by atoms with Gasteiger partial charge in [0.25, 0.3) is 0 Å². The van der Waals surface area contributed by atoms with Crippen LogP contribution in [0.1, 0.15) is 31.2 Å². The summed E-state index contributed by atoms with van der Waals surface area (Å²) in [7, 11) is 0. The van der Waals surface area contributed by atoms with E-state index in [1.807, 2.05) is 11.8 Å². The molecule has 1 aliphatic rings. The highest BCUT2D eigenvalue weighted by atomic mass is 32.2. The summed E-state index contributed by atoms with van der Waals surface area (Å²) in [4.78, 5) is 12.3. The molecule has 1 aromatic carbocycles. The predicted molar refractivity (Wildman–Crippen MR) is 59.8 cm³/mol. The van der Waals surface area contributed by atoms with Crippen molar-refractivity contribution in [1.82, 2.24) is 0 Å². The number of benzene rings is 1. The Labute approximate surface area is 88.9 Å². The van der Waals surface area contributed by atoms with Crippen molar-refractivity contribution >= 4 is 17.5 Å². The lowest BCUT2D eigenvalue weighted by Gasteiger charge is -2.08. The van der Waals surface area contributed by atoms with E-state index in [0.717, 1.165) is 18.6 Å². The zero-order valence-electron chi connectivity index (χ0n) is 8.32. The molecule has 1 aliphatic heterocycles. The first-order chi connectivity index (χ1) is 6.77. The summed E-state index contributed by atoms with van der Waals surface area (Å²) in [6, 6.07) is 8.54. The Hall–Kier alpha value is -0.760. The fourth-order valence-corrected chi connectivity index (χ4v) is 3.15. The van der Waals surface area contributed by atoms with Gasteiger partial charge in [-0.3, -0.25) is 0 Å². The van der Waals surface area contributed by atoms with Gasteiger partial charge in [0.1, 0.15) is 5.78 Å². The zero-order chi connectivity index (χ0) is 9.97. The summed E-state index contributed by atoms with van der Waals surface area (Å²) in [5.74, 6) is 2.05. The second-order valence-corrected chi connectivity index (χ2v) is 4.85. The van der Waals surface area contributed by atoms with Crippen LogP contribution in [0.3, 0.4) is 0 Å². The molecule has 0 spiro atoms. The Morgan fingerprint density at radius 1 is 1.50 bits per heavy atom. The molecule has 74 valence electrons. The lowest BCUT2D eigenvalue weighted by molar-refractivity contribution is -0.117. The Kier molecular flexibility index (Phi) is 2.92. The van der Waals surface area contributed by atoms with E-state index in [9.17, 15) is 4.79 Å². The van der Waals surface area contributed by atoms with Gasteiger partial charge >= 0.3 is 0 Å². The number of carbonyl (C=O) groups is 1. The van der Waals surface area contributed by atoms with Crippen molar-refractivity contribution in [3.05, 3.63) is 29.8 Å². The van der Waals surface area contributed by atoms with Gasteiger partial charge < -0.3 is 4.79 Å². The number of hydrogen-bond donors (Lipinski definition) is 0. The average Bonchev–Trinajstić information content (AvgIpc) is 2.58. The van der Waals surface area contributed by atoms with Gasteiger partial charge in [0, 0.05) is 17.1 Å². The summed E-state index contributed by atoms with van der Waals surface area (Å²) in [6.07, 6.45) is 1.74. The highest BCUT2D eigenvalue weighted by Gasteiger charge is 2.22. The first-order valence-corrected chi connectivity index (χ1v) is 5.97. The molecule has 0 amide bonds. The van der Waals surface area contributed by atoms with Gasteiger partial charge in [-0.25, -0.2) is 0 Å². The molecule has 0 bridgehead atoms. The minimum absolute atomic E-state index is 0.305. The molecule has 0 aromatic heterocycles. The van der Waals surface area contributed by atoms with E-state index in [4.69, 9.17) is 0 Å². The molecule has 1 unspecified atom stereocenters. The Bertz CT molecular complexity index is 346. The maximum absolute atomic E-state index is 10.9. The van der Waals surface area contributed by atoms with Gasteiger partial charge in [-0.05, 0) is 30.9 Å². The van der Waals surface area contributed by atoms with Crippen molar-refractivity contribution in [3.8, 4) is 0 Å². The van der Waals surface area contributed by atoms with Crippen LogP contribution in [0.25, 0.3) is 0 Å². The van der Waals surface area contributed by atoms with Crippen LogP contribution < -0.4 is 0 Å². The lowest BCUT2D eigenvalue weighted by Crippen LogP contribution is -2.00. The van der Waals surface area contributed by atoms with Gasteiger partial charge in [0.15, 0.2) is 0 Å². The molecule has 0 N–H and O–H groups in total. The number of carbonyl (C=O) groups excluding carboxylic acids is 1. The summed E-state index contributed by atoms with van der Waals surface area (Å²) in [6.45, 7) is 1.67. The largest absolute Gasteiger partial charge is 0.300 e. The molecular weight excluding hydrogens is 192 g/mol. The number of Topliss-reactive ketones (excluding diaryl/α,β-unsaturated/α-hetero) is 1. The lowest BCUT2D eigenvalue weighted by atomic mass is 9.95. The van der Waals surface area contributed by atoms with E-state index in [1.165, 1.54) is 10.5 Å². The van der Waals surface area contributed by atoms with E-state index in [0.29, 0.717) is 11.7 Å². The van der Waals surface area contributed by atoms with E-state index in [2.05, 4.69) is 24.3 Å². The smallest absolute Gasteiger partial charge is 0.129 e. The number of rotatable bonds is 3. The predicted octanol–water partition coefficient (Wildman–Crippen LogP) is 3.25. The molecule has 2 heteroatoms. The van der Waals surface area contributed by atoms with E-state index < -0.39 is 0 Å². The number of ketones is 1. The fourth-order valence-electron chi connectivity index (χ4n) is 1.85. The minimum Gasteiger partial charge on any atom is -0.300 e. The van der Waals surface area contributed by atoms with Gasteiger partial charge in [0.2, 0.25) is 0 Å². The van der Waals surface area contributed by atoms with Crippen LogP contribution in [0.15, 0.2) is 29.2 Å². The average molecular weight is 206 g/mol. The van der Waals surface area contributed by atoms with Gasteiger partial charge in [0.05, 0.1) is 0 Å². The second kappa shape index (κ2) is 4.18. The van der Waals surface area contributed by atoms with Crippen LogP contribution in [0.5, 0.6) is 0 Å². The molecule has 0 radical (unpaired) electrons. The van der Waals surface area contributed by atoms with Crippen molar-refractivity contribution in [2.24, 2.45) is 0 Å². The third kappa shape index (κ3) is 2.01. The summed E-state index contributed by atoms with van der Waals surface area (Å²) in [5.41, 5.74) is 1.44. The molecule has 0 saturated carbocycles. The summed E-state index contributed by atoms with van der Waals surface area (Å²) in [5, 5.41) is 0. The van der Waals surface area contributed by atoms with Crippen LogP contribution in [0.4, 0.5) is 0 Å². The molecule has 1 nitrogen and oxygen atoms in total. The Balaban J connectivity index is 2.07. The van der Waals surface area contributed by atoms with Gasteiger partial charge in [-0.1, -0.05) is 18.2 Å². The van der Waals surface area contributed by atoms with Crippen LogP contribution >= 0.6 is 11.8 Å². The molecule has 0 fully saturated rings. The first-order valence-electron chi connectivity index (χ1n) is 4.98. The van der Waals surface area contributed by atoms with Crippen LogP contribution in [-0.2, 0) is 4.79 Å². The zero-order valence-corrected chi connectivity index (χ0v) is 9.14. The van der Waals surface area contributed by atoms with Crippen molar-refractivity contribution in [3.63, 3.8) is 0 Å². The maximum Gasteiger partial charge on any atom is 0.129 e. The van der Waals surface area contributed by atoms with Gasteiger partial charge in [-0.15, -0.1) is 11.8 Å². The summed E-state index contributed by atoms with van der Waals surface area (Å²) < 4.78 is 0. The first kappa shape index (κ1) is 9.78. The van der Waals surface area contributed by atoms with Crippen molar-refractivity contribution in [1.29, 1.82) is 0 Å². The van der Waals surface area contributed by atoms with Crippen LogP contribution in [-0.4, -0.2) is 11.5 Å². The van der Waals surface area contributed by atoms with Gasteiger partial charge in [-0.2, -0.15) is 0 Å². The molecular formula is C12H14OS. The maximum atomic E-state index is 10.9. The van der Waals surface area contributed by atoms with Crippen molar-refractivity contribution in [2.75, 3.05) is 5.75 Å². The number of thioether (sulfide) groups is 1. The number of fused-ring (bicyclic) bond motifs is 1. The standard InChI is InChI=1S/C12H14OS/c1-9(13)6-7-10-8-14-12-5-3-2-4-11(10)12/h2-5,10H,6-8H2,1H3. The molecule has 14 heavy (non-hydrogen) atoms. The Morgan fingerprint density at radius 3 is 3.07 bits per heavy atom. The molecule has 1 heterocycles. The normalized spacial score (nSPS) is 19.4. The minimum atomic E-state index is 0.305. The molecule has 0 aliphatic carbocycles. The fraction of sp³-hybridized carbons (Fsp3) is 0.417.